The van der Waals surface area contributed by atoms with E-state index in [4.69, 9.17) is 9.47 Å². The molecule has 2 atom stereocenters. The van der Waals surface area contributed by atoms with Crippen molar-refractivity contribution in [3.63, 3.8) is 0 Å². The molecule has 0 bridgehead atoms. The summed E-state index contributed by atoms with van der Waals surface area (Å²) >= 11 is 2.65. The van der Waals surface area contributed by atoms with Crippen molar-refractivity contribution in [3.8, 4) is 11.5 Å². The second-order valence-electron chi connectivity index (χ2n) is 17.9. The maximum absolute atomic E-state index is 12.6. The Balaban J connectivity index is 0.000000158. The van der Waals surface area contributed by atoms with Crippen LogP contribution in [-0.2, 0) is 9.59 Å². The first-order chi connectivity index (χ1) is 34.8. The van der Waals surface area contributed by atoms with Gasteiger partial charge in [-0.05, 0) is 115 Å². The number of ether oxygens (including phenoxy) is 2. The molecule has 10 rings (SSSR count). The summed E-state index contributed by atoms with van der Waals surface area (Å²) in [7, 11) is 0. The van der Waals surface area contributed by atoms with Crippen LogP contribution in [0.1, 0.15) is 103 Å². The lowest BCUT2D eigenvalue weighted by molar-refractivity contribution is -0.117. The zero-order valence-electron chi connectivity index (χ0n) is 39.7. The van der Waals surface area contributed by atoms with Gasteiger partial charge in [-0.25, -0.2) is 0 Å². The first kappa shape index (κ1) is 51.0. The van der Waals surface area contributed by atoms with E-state index in [1.807, 2.05) is 109 Å². The summed E-state index contributed by atoms with van der Waals surface area (Å²) in [6.45, 7) is 1.30. The number of nitrogens with one attached hydrogen (secondary N) is 2. The minimum absolute atomic E-state index is 0.0338. The average molecular weight is 993 g/mol. The van der Waals surface area contributed by atoms with Gasteiger partial charge < -0.3 is 30.3 Å². The number of carbonyl (C=O) groups is 3. The molecule has 2 saturated carbocycles. The zero-order valence-corrected chi connectivity index (χ0v) is 41.3. The number of aldehydes is 1. The molecule has 4 heterocycles. The van der Waals surface area contributed by atoms with Gasteiger partial charge in [0.25, 0.3) is 5.91 Å². The Morgan fingerprint density at radius 1 is 0.634 bits per heavy atom. The average Bonchev–Trinajstić information content (AvgIpc) is 4.01. The van der Waals surface area contributed by atoms with Crippen LogP contribution in [0.25, 0.3) is 27.9 Å². The van der Waals surface area contributed by atoms with Gasteiger partial charge in [0.15, 0.2) is 10.3 Å². The highest BCUT2D eigenvalue weighted by Gasteiger charge is 2.26. The summed E-state index contributed by atoms with van der Waals surface area (Å²) < 4.78 is 12.2. The molecule has 368 valence electrons. The van der Waals surface area contributed by atoms with E-state index >= 15 is 0 Å². The van der Waals surface area contributed by atoms with Crippen LogP contribution in [0.2, 0.25) is 0 Å². The number of carbonyl (C=O) groups excluding carboxylic acids is 3. The second kappa shape index (κ2) is 26.2. The Morgan fingerprint density at radius 3 is 1.63 bits per heavy atom. The van der Waals surface area contributed by atoms with Gasteiger partial charge in [0.1, 0.15) is 29.9 Å². The van der Waals surface area contributed by atoms with Crippen LogP contribution in [-0.4, -0.2) is 80.8 Å². The number of hydrogen-bond acceptors (Lipinski definition) is 13. The molecule has 4 aliphatic rings. The number of amides is 2. The third-order valence-electron chi connectivity index (χ3n) is 12.8. The quantitative estimate of drug-likeness (QED) is 0.0601. The van der Waals surface area contributed by atoms with Gasteiger partial charge in [-0.2, -0.15) is 0 Å². The number of benzene rings is 4. The normalized spacial score (nSPS) is 18.8. The fourth-order valence-electron chi connectivity index (χ4n) is 8.92. The van der Waals surface area contributed by atoms with E-state index in [1.165, 1.54) is 87.7 Å². The number of rotatable bonds is 14. The number of aliphatic hydroxyl groups is 2. The fraction of sp³-hybridized carbons (Fsp3) is 0.339. The molecule has 15 heteroatoms. The van der Waals surface area contributed by atoms with Crippen LogP contribution >= 0.6 is 23.5 Å². The van der Waals surface area contributed by atoms with Gasteiger partial charge in [0, 0.05) is 28.7 Å². The van der Waals surface area contributed by atoms with Crippen molar-refractivity contribution in [2.24, 2.45) is 21.8 Å². The summed E-state index contributed by atoms with van der Waals surface area (Å²) in [5, 5.41) is 27.5. The number of thioether (sulfide) groups is 2. The van der Waals surface area contributed by atoms with E-state index in [0.29, 0.717) is 38.4 Å². The molecular formula is C56H60N6O7S2. The molecule has 2 aromatic heterocycles. The molecule has 6 aromatic rings. The second-order valence-corrected chi connectivity index (χ2v) is 19.9. The van der Waals surface area contributed by atoms with Gasteiger partial charge in [-0.1, -0.05) is 117 Å². The number of pyridine rings is 2. The van der Waals surface area contributed by atoms with Gasteiger partial charge >= 0.3 is 0 Å². The van der Waals surface area contributed by atoms with Crippen molar-refractivity contribution >= 4 is 79.8 Å². The third-order valence-corrected chi connectivity index (χ3v) is 14.6. The van der Waals surface area contributed by atoms with Gasteiger partial charge in [-0.3, -0.25) is 34.3 Å². The maximum atomic E-state index is 12.6. The van der Waals surface area contributed by atoms with E-state index in [1.54, 1.807) is 18.5 Å². The SMILES string of the molecule is O=C1CSC(=N[C@@H](CO)c2ccccc2)N1.O=C1NC(=N[C@@H](CO)c2ccccc2)S/C1=C\c1ccc2nccc(OCC3CCCCC3)c2c1.O=Cc1ccc2nccc(OCC3CCCCC3)c2c1. The van der Waals surface area contributed by atoms with Crippen LogP contribution in [0.5, 0.6) is 11.5 Å². The number of fused-ring (bicyclic) bond motifs is 2. The third kappa shape index (κ3) is 14.6. The van der Waals surface area contributed by atoms with Crippen molar-refractivity contribution in [2.45, 2.75) is 76.3 Å². The Kier molecular flexibility index (Phi) is 18.8. The molecule has 4 fully saturated rings. The predicted molar refractivity (Wildman–Crippen MR) is 285 cm³/mol. The van der Waals surface area contributed by atoms with Crippen molar-refractivity contribution in [1.82, 2.24) is 20.6 Å². The highest BCUT2D eigenvalue weighted by Crippen LogP contribution is 2.33. The molecule has 2 amide bonds. The highest BCUT2D eigenvalue weighted by molar-refractivity contribution is 8.18. The fourth-order valence-corrected chi connectivity index (χ4v) is 10.5. The summed E-state index contributed by atoms with van der Waals surface area (Å²) in [6.07, 6.45) is 19.2. The van der Waals surface area contributed by atoms with Gasteiger partial charge in [0.05, 0.1) is 48.1 Å². The zero-order chi connectivity index (χ0) is 49.2. The lowest BCUT2D eigenvalue weighted by atomic mass is 9.90. The van der Waals surface area contributed by atoms with Crippen LogP contribution in [0.3, 0.4) is 0 Å². The Labute approximate surface area is 423 Å². The molecule has 2 saturated heterocycles. The van der Waals surface area contributed by atoms with E-state index in [2.05, 4.69) is 30.6 Å². The van der Waals surface area contributed by atoms with E-state index in [9.17, 15) is 24.6 Å². The smallest absolute Gasteiger partial charge is 0.264 e. The first-order valence-corrected chi connectivity index (χ1v) is 26.2. The number of aliphatic hydroxyl groups excluding tert-OH is 2. The molecule has 71 heavy (non-hydrogen) atoms. The molecule has 2 aliphatic carbocycles. The van der Waals surface area contributed by atoms with Gasteiger partial charge in [0.2, 0.25) is 5.91 Å². The van der Waals surface area contributed by atoms with Crippen LogP contribution in [0.15, 0.2) is 136 Å². The lowest BCUT2D eigenvalue weighted by Crippen LogP contribution is -2.21. The Morgan fingerprint density at radius 2 is 1.14 bits per heavy atom. The van der Waals surface area contributed by atoms with Crippen molar-refractivity contribution in [1.29, 1.82) is 0 Å². The number of aromatic nitrogens is 2. The lowest BCUT2D eigenvalue weighted by Gasteiger charge is -2.22. The number of amidine groups is 2. The highest BCUT2D eigenvalue weighted by atomic mass is 32.2. The largest absolute Gasteiger partial charge is 0.493 e. The number of hydrogen-bond donors (Lipinski definition) is 4. The first-order valence-electron chi connectivity index (χ1n) is 24.4. The topological polar surface area (TPSA) is 185 Å². The van der Waals surface area contributed by atoms with E-state index < -0.39 is 6.04 Å². The molecular weight excluding hydrogens is 933 g/mol. The summed E-state index contributed by atoms with van der Waals surface area (Å²) in [5.41, 5.74) is 5.14. The maximum Gasteiger partial charge on any atom is 0.264 e. The minimum atomic E-state index is -0.422. The molecule has 2 aliphatic heterocycles. The van der Waals surface area contributed by atoms with Crippen molar-refractivity contribution < 1.29 is 34.1 Å². The van der Waals surface area contributed by atoms with Crippen molar-refractivity contribution in [3.05, 3.63) is 149 Å². The molecule has 4 aromatic carbocycles. The van der Waals surface area contributed by atoms with Crippen molar-refractivity contribution in [2.75, 3.05) is 32.2 Å². The monoisotopic (exact) mass is 992 g/mol. The summed E-state index contributed by atoms with van der Waals surface area (Å²) in [6, 6.07) is 33.6. The molecule has 0 spiro atoms. The predicted octanol–water partition coefficient (Wildman–Crippen LogP) is 10.4. The van der Waals surface area contributed by atoms with E-state index in [0.717, 1.165) is 69.5 Å². The van der Waals surface area contributed by atoms with E-state index in [-0.39, 0.29) is 31.1 Å². The van der Waals surface area contributed by atoms with Crippen LogP contribution in [0, 0.1) is 11.8 Å². The molecule has 13 nitrogen and oxygen atoms in total. The standard InChI is InChI=1S/C28H29N3O3S.C17H19NO2.C11H12N2O2S/c32-17-24(21-9-5-2-6-10-21)30-28-31-27(33)26(35-28)16-20-11-12-23-22(15-20)25(13-14-29-23)34-18-19-7-3-1-4-8-19;19-11-14-6-7-16-15(10-14)17(8-9-18-16)20-12-13-4-2-1-3-5-13;14-6-9(8-4-2-1-3-5-8)12-11-13-10(15)7-16-11/h2,5-6,9-16,19,24,32H,1,3-4,7-8,17-18H2,(H,30,31,33);6-11,13H,1-5,12H2;1-5,9,14H,6-7H2,(H,12,13,15)/b26-16-;;/t24-;;9-/m0.0/s1. The molecule has 0 unspecified atom stereocenters. The van der Waals surface area contributed by atoms with Gasteiger partial charge in [-0.15, -0.1) is 0 Å². The minimum Gasteiger partial charge on any atom is -0.493 e. The summed E-state index contributed by atoms with van der Waals surface area (Å²) in [5.74, 6) is 3.14. The van der Waals surface area contributed by atoms with Crippen LogP contribution in [0.4, 0.5) is 0 Å². The Bertz CT molecular complexity index is 2830. The molecule has 4 N–H and O–H groups in total. The van der Waals surface area contributed by atoms with Crippen LogP contribution < -0.4 is 20.1 Å². The molecule has 0 radical (unpaired) electrons. The summed E-state index contributed by atoms with van der Waals surface area (Å²) in [4.78, 5) is 52.7. The Hall–Kier alpha value is -6.39. The number of aliphatic imine (C=N–C) groups is 2. The number of nitrogens with zero attached hydrogens (tertiary/aromatic N) is 4.